The molecule has 0 amide bonds. The third kappa shape index (κ3) is 2.94. The fourth-order valence-corrected chi connectivity index (χ4v) is 3.61. The average Bonchev–Trinajstić information content (AvgIpc) is 2.75. The molecule has 0 aliphatic carbocycles. The summed E-state index contributed by atoms with van der Waals surface area (Å²) in [4.78, 5) is 17.4. The van der Waals surface area contributed by atoms with Gasteiger partial charge in [0.25, 0.3) is 0 Å². The normalized spacial score (nSPS) is 11.2. The first kappa shape index (κ1) is 17.5. The molecule has 0 saturated carbocycles. The van der Waals surface area contributed by atoms with Crippen molar-refractivity contribution >= 4 is 39.2 Å². The molecule has 0 saturated heterocycles. The number of hydrogen-bond donors (Lipinski definition) is 1. The second-order valence-corrected chi connectivity index (χ2v) is 6.97. The molecular formula is C22H13ClFN5. The van der Waals surface area contributed by atoms with Crippen LogP contribution in [-0.2, 0) is 0 Å². The zero-order valence-corrected chi connectivity index (χ0v) is 15.7. The Kier molecular flexibility index (Phi) is 4.07. The minimum Gasteiger partial charge on any atom is -0.383 e. The quantitative estimate of drug-likeness (QED) is 0.435. The second-order valence-electron chi connectivity index (χ2n) is 6.53. The molecule has 4 aromatic heterocycles. The van der Waals surface area contributed by atoms with Gasteiger partial charge in [-0.05, 0) is 53.4 Å². The Labute approximate surface area is 170 Å². The van der Waals surface area contributed by atoms with Crippen molar-refractivity contribution in [2.24, 2.45) is 0 Å². The molecule has 5 aromatic rings. The Balaban J connectivity index is 1.88. The SMILES string of the molecule is Nc1ncc(-c2cc(-c3cc(Cl)ccc3F)nc3ncccc23)c2ccncc12. The second kappa shape index (κ2) is 6.76. The van der Waals surface area contributed by atoms with Crippen molar-refractivity contribution in [3.05, 3.63) is 78.1 Å². The molecule has 0 radical (unpaired) electrons. The minimum absolute atomic E-state index is 0.306. The summed E-state index contributed by atoms with van der Waals surface area (Å²) in [5, 5.41) is 2.88. The van der Waals surface area contributed by atoms with Crippen LogP contribution in [0.25, 0.3) is 44.2 Å². The van der Waals surface area contributed by atoms with Gasteiger partial charge in [-0.1, -0.05) is 11.6 Å². The Hall–Kier alpha value is -3.64. The summed E-state index contributed by atoms with van der Waals surface area (Å²) in [5.41, 5.74) is 8.93. The summed E-state index contributed by atoms with van der Waals surface area (Å²) in [6.07, 6.45) is 6.74. The van der Waals surface area contributed by atoms with Crippen LogP contribution < -0.4 is 5.73 Å². The van der Waals surface area contributed by atoms with Crippen LogP contribution >= 0.6 is 11.6 Å². The molecule has 0 unspecified atom stereocenters. The number of hydrogen-bond acceptors (Lipinski definition) is 5. The number of benzene rings is 1. The minimum atomic E-state index is -0.410. The highest BCUT2D eigenvalue weighted by molar-refractivity contribution is 6.30. The lowest BCUT2D eigenvalue weighted by Crippen LogP contribution is -1.97. The van der Waals surface area contributed by atoms with Gasteiger partial charge in [0, 0.05) is 51.7 Å². The third-order valence-electron chi connectivity index (χ3n) is 4.80. The van der Waals surface area contributed by atoms with E-state index in [1.807, 2.05) is 24.3 Å². The maximum Gasteiger partial charge on any atom is 0.160 e. The van der Waals surface area contributed by atoms with Crippen molar-refractivity contribution < 1.29 is 4.39 Å². The lowest BCUT2D eigenvalue weighted by Gasteiger charge is -2.13. The molecule has 0 aliphatic heterocycles. The topological polar surface area (TPSA) is 77.6 Å². The number of fused-ring (bicyclic) bond motifs is 2. The van der Waals surface area contributed by atoms with Crippen LogP contribution in [0.4, 0.5) is 10.2 Å². The number of aromatic nitrogens is 4. The van der Waals surface area contributed by atoms with Gasteiger partial charge in [-0.15, -0.1) is 0 Å². The molecule has 7 heteroatoms. The van der Waals surface area contributed by atoms with E-state index in [-0.39, 0.29) is 0 Å². The summed E-state index contributed by atoms with van der Waals surface area (Å²) in [5.74, 6) is -0.0120. The first-order valence-electron chi connectivity index (χ1n) is 8.81. The lowest BCUT2D eigenvalue weighted by atomic mass is 9.97. The van der Waals surface area contributed by atoms with Gasteiger partial charge >= 0.3 is 0 Å². The maximum absolute atomic E-state index is 14.5. The van der Waals surface area contributed by atoms with Crippen molar-refractivity contribution in [2.45, 2.75) is 0 Å². The predicted octanol–water partition coefficient (Wildman–Crippen LogP) is 5.28. The van der Waals surface area contributed by atoms with Gasteiger partial charge in [-0.25, -0.2) is 19.3 Å². The van der Waals surface area contributed by atoms with Gasteiger partial charge in [0.1, 0.15) is 11.6 Å². The third-order valence-corrected chi connectivity index (χ3v) is 5.03. The van der Waals surface area contributed by atoms with Crippen molar-refractivity contribution in [1.82, 2.24) is 19.9 Å². The highest BCUT2D eigenvalue weighted by Crippen LogP contribution is 2.36. The summed E-state index contributed by atoms with van der Waals surface area (Å²) in [6.45, 7) is 0. The molecule has 29 heavy (non-hydrogen) atoms. The number of nitrogens with zero attached hydrogens (tertiary/aromatic N) is 4. The Morgan fingerprint density at radius 1 is 0.828 bits per heavy atom. The van der Waals surface area contributed by atoms with E-state index in [1.54, 1.807) is 30.9 Å². The van der Waals surface area contributed by atoms with Crippen molar-refractivity contribution in [2.75, 3.05) is 5.73 Å². The first-order valence-corrected chi connectivity index (χ1v) is 9.19. The molecule has 2 N–H and O–H groups in total. The van der Waals surface area contributed by atoms with Gasteiger partial charge in [0.05, 0.1) is 5.69 Å². The number of anilines is 1. The largest absolute Gasteiger partial charge is 0.383 e. The van der Waals surface area contributed by atoms with E-state index < -0.39 is 5.82 Å². The Morgan fingerprint density at radius 2 is 1.72 bits per heavy atom. The fourth-order valence-electron chi connectivity index (χ4n) is 3.43. The maximum atomic E-state index is 14.5. The van der Waals surface area contributed by atoms with E-state index in [0.717, 1.165) is 27.3 Å². The van der Waals surface area contributed by atoms with Crippen LogP contribution in [0.2, 0.25) is 5.02 Å². The van der Waals surface area contributed by atoms with E-state index >= 15 is 0 Å². The highest BCUT2D eigenvalue weighted by atomic mass is 35.5. The molecule has 1 aromatic carbocycles. The fraction of sp³-hybridized carbons (Fsp3) is 0. The molecule has 0 spiro atoms. The molecule has 5 rings (SSSR count). The van der Waals surface area contributed by atoms with E-state index in [1.165, 1.54) is 12.1 Å². The average molecular weight is 402 g/mol. The van der Waals surface area contributed by atoms with Crippen LogP contribution in [0.1, 0.15) is 0 Å². The molecule has 0 fully saturated rings. The van der Waals surface area contributed by atoms with Gasteiger partial charge in [-0.3, -0.25) is 4.98 Å². The zero-order chi connectivity index (χ0) is 20.0. The van der Waals surface area contributed by atoms with Crippen LogP contribution in [0.5, 0.6) is 0 Å². The van der Waals surface area contributed by atoms with E-state index in [4.69, 9.17) is 17.3 Å². The smallest absolute Gasteiger partial charge is 0.160 e. The Bertz CT molecular complexity index is 1400. The monoisotopic (exact) mass is 401 g/mol. The Morgan fingerprint density at radius 3 is 2.62 bits per heavy atom. The number of rotatable bonds is 2. The van der Waals surface area contributed by atoms with Crippen molar-refractivity contribution in [3.63, 3.8) is 0 Å². The van der Waals surface area contributed by atoms with Gasteiger partial charge in [-0.2, -0.15) is 0 Å². The number of nitrogens with two attached hydrogens (primary N) is 1. The standard InChI is InChI=1S/C22H13ClFN5/c23-12-3-4-19(24)16(8-12)20-9-15(14-2-1-6-27-22(14)29-20)17-11-28-21(25)18-10-26-7-5-13(17)18/h1-11H,(H2,25,28). The van der Waals surface area contributed by atoms with Crippen LogP contribution in [0.3, 0.4) is 0 Å². The van der Waals surface area contributed by atoms with Crippen LogP contribution in [-0.4, -0.2) is 19.9 Å². The first-order chi connectivity index (χ1) is 14.1. The molecule has 0 aliphatic rings. The molecule has 0 atom stereocenters. The number of pyridine rings is 4. The van der Waals surface area contributed by atoms with Crippen LogP contribution in [0, 0.1) is 5.82 Å². The lowest BCUT2D eigenvalue weighted by molar-refractivity contribution is 0.631. The molecule has 4 heterocycles. The van der Waals surface area contributed by atoms with E-state index in [2.05, 4.69) is 19.9 Å². The molecule has 140 valence electrons. The van der Waals surface area contributed by atoms with Gasteiger partial charge in [0.2, 0.25) is 0 Å². The van der Waals surface area contributed by atoms with E-state index in [9.17, 15) is 4.39 Å². The summed E-state index contributed by atoms with van der Waals surface area (Å²) >= 11 is 6.10. The molecular weight excluding hydrogens is 389 g/mol. The number of halogens is 2. The van der Waals surface area contributed by atoms with Gasteiger partial charge < -0.3 is 5.73 Å². The summed E-state index contributed by atoms with van der Waals surface area (Å²) < 4.78 is 14.5. The van der Waals surface area contributed by atoms with Gasteiger partial charge in [0.15, 0.2) is 5.65 Å². The number of nitrogen functional groups attached to an aromatic ring is 1. The summed E-state index contributed by atoms with van der Waals surface area (Å²) in [7, 11) is 0. The van der Waals surface area contributed by atoms with Crippen LogP contribution in [0.15, 0.2) is 67.3 Å². The van der Waals surface area contributed by atoms with E-state index in [0.29, 0.717) is 27.7 Å². The van der Waals surface area contributed by atoms with Crippen molar-refractivity contribution in [3.8, 4) is 22.4 Å². The summed E-state index contributed by atoms with van der Waals surface area (Å²) in [6, 6.07) is 11.9. The molecule has 0 bridgehead atoms. The highest BCUT2D eigenvalue weighted by Gasteiger charge is 2.16. The zero-order valence-electron chi connectivity index (χ0n) is 15.0. The predicted molar refractivity (Wildman–Crippen MR) is 113 cm³/mol. The molecule has 5 nitrogen and oxygen atoms in total. The van der Waals surface area contributed by atoms with Crippen molar-refractivity contribution in [1.29, 1.82) is 0 Å².